The number of nitrogens with zero attached hydrogens (tertiary/aromatic N) is 1. The zero-order valence-electron chi connectivity index (χ0n) is 16.0. The quantitative estimate of drug-likeness (QED) is 0.486. The first-order chi connectivity index (χ1) is 14.1. The van der Waals surface area contributed by atoms with E-state index in [0.717, 1.165) is 10.9 Å². The van der Waals surface area contributed by atoms with Gasteiger partial charge in [-0.05, 0) is 58.1 Å². The third-order valence-electron chi connectivity index (χ3n) is 4.72. The molecule has 3 aromatic carbocycles. The third kappa shape index (κ3) is 4.36. The Morgan fingerprint density at radius 1 is 0.897 bits per heavy atom. The molecular weight excluding hydrogens is 380 g/mol. The van der Waals surface area contributed by atoms with Gasteiger partial charge in [0.15, 0.2) is 0 Å². The summed E-state index contributed by atoms with van der Waals surface area (Å²) in [5.41, 5.74) is 2.33. The summed E-state index contributed by atoms with van der Waals surface area (Å²) < 4.78 is 0. The van der Waals surface area contributed by atoms with Crippen molar-refractivity contribution in [3.63, 3.8) is 0 Å². The predicted octanol–water partition coefficient (Wildman–Crippen LogP) is 5.43. The molecule has 0 radical (unpaired) electrons. The van der Waals surface area contributed by atoms with Crippen LogP contribution in [0.3, 0.4) is 0 Å². The number of carbonyl (C=O) groups is 2. The highest BCUT2D eigenvalue weighted by atomic mass is 32.1. The number of nitrogens with one attached hydrogen (secondary N) is 1. The molecule has 0 saturated carbocycles. The lowest BCUT2D eigenvalue weighted by atomic mass is 10.1. The van der Waals surface area contributed by atoms with Gasteiger partial charge >= 0.3 is 0 Å². The molecule has 1 heterocycles. The van der Waals surface area contributed by atoms with E-state index in [-0.39, 0.29) is 11.8 Å². The molecule has 0 atom stereocenters. The van der Waals surface area contributed by atoms with E-state index in [4.69, 9.17) is 0 Å². The van der Waals surface area contributed by atoms with E-state index in [0.29, 0.717) is 22.7 Å². The van der Waals surface area contributed by atoms with E-state index >= 15 is 0 Å². The summed E-state index contributed by atoms with van der Waals surface area (Å²) in [5.74, 6) is -0.207. The first-order valence-corrected chi connectivity index (χ1v) is 10.2. The molecule has 0 bridgehead atoms. The minimum absolute atomic E-state index is 0.0608. The topological polar surface area (TPSA) is 49.4 Å². The maximum Gasteiger partial charge on any atom is 0.265 e. The van der Waals surface area contributed by atoms with Gasteiger partial charge in [0.1, 0.15) is 0 Å². The van der Waals surface area contributed by atoms with Gasteiger partial charge in [0.05, 0.1) is 4.88 Å². The van der Waals surface area contributed by atoms with Gasteiger partial charge in [0.2, 0.25) is 0 Å². The van der Waals surface area contributed by atoms with Crippen LogP contribution in [0, 0.1) is 0 Å². The Hall–Kier alpha value is -3.44. The van der Waals surface area contributed by atoms with E-state index in [9.17, 15) is 9.59 Å². The summed E-state index contributed by atoms with van der Waals surface area (Å²) in [5, 5.41) is 7.06. The van der Waals surface area contributed by atoms with Crippen LogP contribution in [0.4, 0.5) is 5.69 Å². The van der Waals surface area contributed by atoms with Crippen LogP contribution >= 0.6 is 11.3 Å². The predicted molar refractivity (Wildman–Crippen MR) is 118 cm³/mol. The Morgan fingerprint density at radius 2 is 1.66 bits per heavy atom. The summed E-state index contributed by atoms with van der Waals surface area (Å²) >= 11 is 1.39. The van der Waals surface area contributed by atoms with Crippen LogP contribution in [0.1, 0.15) is 25.6 Å². The fourth-order valence-corrected chi connectivity index (χ4v) is 3.82. The average molecular weight is 401 g/mol. The Labute approximate surface area is 173 Å². The zero-order valence-corrected chi connectivity index (χ0v) is 16.8. The van der Waals surface area contributed by atoms with E-state index in [2.05, 4.69) is 35.6 Å². The van der Waals surface area contributed by atoms with Crippen LogP contribution in [-0.2, 0) is 6.54 Å². The summed E-state index contributed by atoms with van der Waals surface area (Å²) in [7, 11) is 1.80. The molecule has 1 aromatic heterocycles. The van der Waals surface area contributed by atoms with Crippen molar-refractivity contribution in [2.24, 2.45) is 0 Å². The second-order valence-corrected chi connectivity index (χ2v) is 7.80. The Bertz CT molecular complexity index is 1150. The minimum atomic E-state index is -0.146. The number of hydrogen-bond donors (Lipinski definition) is 1. The highest BCUT2D eigenvalue weighted by Gasteiger charge is 2.13. The molecule has 0 spiro atoms. The fourth-order valence-electron chi connectivity index (χ4n) is 3.20. The van der Waals surface area contributed by atoms with Gasteiger partial charge in [-0.1, -0.05) is 42.5 Å². The Morgan fingerprint density at radius 3 is 2.38 bits per heavy atom. The monoisotopic (exact) mass is 400 g/mol. The van der Waals surface area contributed by atoms with Gasteiger partial charge in [-0.2, -0.15) is 0 Å². The maximum atomic E-state index is 12.8. The number of carbonyl (C=O) groups excluding carboxylic acids is 2. The lowest BCUT2D eigenvalue weighted by Crippen LogP contribution is -2.26. The highest BCUT2D eigenvalue weighted by Crippen LogP contribution is 2.18. The molecule has 0 fully saturated rings. The number of rotatable bonds is 5. The van der Waals surface area contributed by atoms with Crippen LogP contribution in [-0.4, -0.2) is 23.8 Å². The van der Waals surface area contributed by atoms with Crippen molar-refractivity contribution in [3.05, 3.63) is 100 Å². The molecule has 4 nitrogen and oxygen atoms in total. The molecule has 29 heavy (non-hydrogen) atoms. The third-order valence-corrected chi connectivity index (χ3v) is 5.58. The second kappa shape index (κ2) is 8.29. The van der Waals surface area contributed by atoms with Gasteiger partial charge in [-0.15, -0.1) is 11.3 Å². The maximum absolute atomic E-state index is 12.8. The molecule has 0 aliphatic rings. The molecule has 0 saturated heterocycles. The van der Waals surface area contributed by atoms with E-state index in [1.165, 1.54) is 16.7 Å². The fraction of sp³-hybridized carbons (Fsp3) is 0.0833. The van der Waals surface area contributed by atoms with Crippen LogP contribution in [0.5, 0.6) is 0 Å². The minimum Gasteiger partial charge on any atom is -0.337 e. The largest absolute Gasteiger partial charge is 0.337 e. The summed E-state index contributed by atoms with van der Waals surface area (Å²) in [4.78, 5) is 27.2. The molecule has 0 aliphatic heterocycles. The first-order valence-electron chi connectivity index (χ1n) is 9.28. The van der Waals surface area contributed by atoms with Gasteiger partial charge in [0.25, 0.3) is 11.8 Å². The smallest absolute Gasteiger partial charge is 0.265 e. The lowest BCUT2D eigenvalue weighted by molar-refractivity contribution is 0.0785. The summed E-state index contributed by atoms with van der Waals surface area (Å²) in [6, 6.07) is 25.0. The van der Waals surface area contributed by atoms with Crippen molar-refractivity contribution in [3.8, 4) is 0 Å². The standard InChI is InChI=1S/C24H20N2O2S/c1-26(16-17-8-9-18-5-2-3-6-20(18)15-17)24(28)19-10-12-21(13-11-19)25-23(27)22-7-4-14-29-22/h2-15H,16H2,1H3,(H,25,27). The van der Waals surface area contributed by atoms with Crippen molar-refractivity contribution in [1.82, 2.24) is 4.90 Å². The van der Waals surface area contributed by atoms with Crippen LogP contribution < -0.4 is 5.32 Å². The molecule has 1 N–H and O–H groups in total. The number of benzene rings is 3. The number of amides is 2. The molecule has 0 aliphatic carbocycles. The van der Waals surface area contributed by atoms with Crippen molar-refractivity contribution in [2.45, 2.75) is 6.54 Å². The number of hydrogen-bond acceptors (Lipinski definition) is 3. The van der Waals surface area contributed by atoms with Crippen molar-refractivity contribution >= 4 is 39.6 Å². The molecule has 4 rings (SSSR count). The Kier molecular flexibility index (Phi) is 5.40. The van der Waals surface area contributed by atoms with Gasteiger partial charge in [-0.3, -0.25) is 9.59 Å². The van der Waals surface area contributed by atoms with E-state index in [1.807, 2.05) is 23.6 Å². The molecule has 144 valence electrons. The molecule has 0 unspecified atom stereocenters. The number of anilines is 1. The second-order valence-electron chi connectivity index (χ2n) is 6.85. The molecule has 2 amide bonds. The highest BCUT2D eigenvalue weighted by molar-refractivity contribution is 7.12. The van der Waals surface area contributed by atoms with Gasteiger partial charge in [0, 0.05) is 24.8 Å². The van der Waals surface area contributed by atoms with E-state index in [1.54, 1.807) is 42.3 Å². The summed E-state index contributed by atoms with van der Waals surface area (Å²) in [6.07, 6.45) is 0. The Balaban J connectivity index is 1.42. The van der Waals surface area contributed by atoms with Gasteiger partial charge < -0.3 is 10.2 Å². The lowest BCUT2D eigenvalue weighted by Gasteiger charge is -2.18. The van der Waals surface area contributed by atoms with Crippen molar-refractivity contribution in [2.75, 3.05) is 12.4 Å². The molecule has 4 aromatic rings. The molecule has 5 heteroatoms. The van der Waals surface area contributed by atoms with Crippen LogP contribution in [0.2, 0.25) is 0 Å². The normalized spacial score (nSPS) is 10.7. The van der Waals surface area contributed by atoms with Crippen molar-refractivity contribution < 1.29 is 9.59 Å². The first kappa shape index (κ1) is 18.9. The van der Waals surface area contributed by atoms with Crippen LogP contribution in [0.25, 0.3) is 10.8 Å². The average Bonchev–Trinajstić information content (AvgIpc) is 3.29. The van der Waals surface area contributed by atoms with Crippen LogP contribution in [0.15, 0.2) is 84.2 Å². The number of fused-ring (bicyclic) bond motifs is 1. The van der Waals surface area contributed by atoms with Gasteiger partial charge in [-0.25, -0.2) is 0 Å². The summed E-state index contributed by atoms with van der Waals surface area (Å²) in [6.45, 7) is 0.528. The molecular formula is C24H20N2O2S. The van der Waals surface area contributed by atoms with E-state index < -0.39 is 0 Å². The SMILES string of the molecule is CN(Cc1ccc2ccccc2c1)C(=O)c1ccc(NC(=O)c2cccs2)cc1. The zero-order chi connectivity index (χ0) is 20.2. The van der Waals surface area contributed by atoms with Crippen molar-refractivity contribution in [1.29, 1.82) is 0 Å². The number of thiophene rings is 1.